The summed E-state index contributed by atoms with van der Waals surface area (Å²) in [6.07, 6.45) is 0. The molecule has 1 unspecified atom stereocenters. The number of anilines is 3. The lowest BCUT2D eigenvalue weighted by molar-refractivity contribution is 0.793. The smallest absolute Gasteiger partial charge is 0.0726 e. The van der Waals surface area contributed by atoms with E-state index in [1.165, 1.54) is 77.2 Å². The molecule has 53 heavy (non-hydrogen) atoms. The quantitative estimate of drug-likeness (QED) is 0.174. The highest BCUT2D eigenvalue weighted by atomic mass is 79.9. The Balaban J connectivity index is 1.22. The lowest BCUT2D eigenvalue weighted by Crippen LogP contribution is -2.26. The van der Waals surface area contributed by atoms with Crippen molar-refractivity contribution in [1.29, 1.82) is 0 Å². The maximum absolute atomic E-state index is 3.88. The summed E-state index contributed by atoms with van der Waals surface area (Å²) in [5.41, 5.74) is 15.8. The minimum atomic E-state index is -0.454. The third-order valence-electron chi connectivity index (χ3n) is 11.5. The molecule has 1 atom stereocenters. The zero-order chi connectivity index (χ0) is 35.1. The Morgan fingerprint density at radius 1 is 0.377 bits per heavy atom. The van der Waals surface area contributed by atoms with Crippen LogP contribution in [0.2, 0.25) is 0 Å². The Bertz CT molecular complexity index is 2910. The number of hydrogen-bond acceptors (Lipinski definition) is 1. The van der Waals surface area contributed by atoms with Crippen LogP contribution in [0.15, 0.2) is 199 Å². The lowest BCUT2D eigenvalue weighted by atomic mass is 9.70. The van der Waals surface area contributed by atoms with Crippen LogP contribution in [0.25, 0.3) is 54.9 Å². The summed E-state index contributed by atoms with van der Waals surface area (Å²) in [6, 6.07) is 71.8. The summed E-state index contributed by atoms with van der Waals surface area (Å²) in [4.78, 5) is 2.47. The minimum Gasteiger partial charge on any atom is -0.310 e. The van der Waals surface area contributed by atoms with Crippen molar-refractivity contribution < 1.29 is 0 Å². The van der Waals surface area contributed by atoms with Crippen LogP contribution < -0.4 is 4.90 Å². The highest BCUT2D eigenvalue weighted by Gasteiger charge is 2.51. The monoisotopic (exact) mass is 737 g/mol. The average Bonchev–Trinajstić information content (AvgIpc) is 3.67. The summed E-state index contributed by atoms with van der Waals surface area (Å²) < 4.78 is 1.09. The first-order valence-corrected chi connectivity index (χ1v) is 19.0. The van der Waals surface area contributed by atoms with Gasteiger partial charge in [0.2, 0.25) is 0 Å². The zero-order valence-corrected chi connectivity index (χ0v) is 30.4. The summed E-state index contributed by atoms with van der Waals surface area (Å²) in [7, 11) is 0. The molecule has 0 amide bonds. The van der Waals surface area contributed by atoms with Gasteiger partial charge in [-0.2, -0.15) is 0 Å². The molecule has 0 heterocycles. The molecule has 11 rings (SSSR count). The van der Waals surface area contributed by atoms with Crippen LogP contribution in [0.5, 0.6) is 0 Å². The first kappa shape index (κ1) is 30.4. The SMILES string of the molecule is Brc1ccc2c(c1)C1(c3ccccc3-2)c2ccccc2-c2ccc(N(c3ccccc3)c3ccc4ccccc4c3-c3ccc4ccccc4c3)cc21. The van der Waals surface area contributed by atoms with E-state index in [0.717, 1.165) is 21.5 Å². The molecule has 2 aliphatic rings. The van der Waals surface area contributed by atoms with Crippen LogP contribution >= 0.6 is 15.9 Å². The summed E-state index contributed by atoms with van der Waals surface area (Å²) in [5.74, 6) is 0. The zero-order valence-electron chi connectivity index (χ0n) is 28.8. The highest BCUT2D eigenvalue weighted by Crippen LogP contribution is 2.63. The van der Waals surface area contributed by atoms with Crippen LogP contribution in [0, 0.1) is 0 Å². The van der Waals surface area contributed by atoms with Crippen molar-refractivity contribution in [1.82, 2.24) is 0 Å². The molecule has 0 saturated heterocycles. The molecule has 2 aliphatic carbocycles. The van der Waals surface area contributed by atoms with Gasteiger partial charge in [0.25, 0.3) is 0 Å². The molecule has 0 N–H and O–H groups in total. The first-order chi connectivity index (χ1) is 26.2. The molecule has 248 valence electrons. The van der Waals surface area contributed by atoms with E-state index in [2.05, 4.69) is 215 Å². The molecule has 9 aromatic carbocycles. The highest BCUT2D eigenvalue weighted by molar-refractivity contribution is 9.10. The van der Waals surface area contributed by atoms with Crippen LogP contribution in [0.1, 0.15) is 22.3 Å². The van der Waals surface area contributed by atoms with Gasteiger partial charge in [-0.05, 0) is 120 Å². The van der Waals surface area contributed by atoms with Crippen molar-refractivity contribution in [3.63, 3.8) is 0 Å². The van der Waals surface area contributed by atoms with E-state index in [1.54, 1.807) is 0 Å². The van der Waals surface area contributed by atoms with E-state index >= 15 is 0 Å². The maximum Gasteiger partial charge on any atom is 0.0726 e. The van der Waals surface area contributed by atoms with E-state index in [0.29, 0.717) is 0 Å². The first-order valence-electron chi connectivity index (χ1n) is 18.2. The molecular weight excluding hydrogens is 706 g/mol. The standard InChI is InChI=1S/C51H32BrN/c52-37-25-27-43-41-18-8-10-20-45(41)51(47(43)31-37)46-21-11-9-19-42(46)44-28-26-39(32-48(44)51)53(38-15-2-1-3-16-38)49-29-24-34-13-6-7-17-40(34)50(49)36-23-22-33-12-4-5-14-35(33)30-36/h1-32H. The Kier molecular flexibility index (Phi) is 6.68. The van der Waals surface area contributed by atoms with Crippen molar-refractivity contribution >= 4 is 54.5 Å². The number of benzene rings is 9. The fraction of sp³-hybridized carbons (Fsp3) is 0.0196. The van der Waals surface area contributed by atoms with E-state index in [-0.39, 0.29) is 0 Å². The second-order valence-electron chi connectivity index (χ2n) is 14.2. The molecule has 0 bridgehead atoms. The maximum atomic E-state index is 3.88. The molecule has 1 spiro atoms. The topological polar surface area (TPSA) is 3.24 Å². The minimum absolute atomic E-state index is 0.454. The largest absolute Gasteiger partial charge is 0.310 e. The second-order valence-corrected chi connectivity index (χ2v) is 15.1. The third-order valence-corrected chi connectivity index (χ3v) is 12.0. The van der Waals surface area contributed by atoms with E-state index < -0.39 is 5.41 Å². The van der Waals surface area contributed by atoms with Crippen molar-refractivity contribution in [2.45, 2.75) is 5.41 Å². The van der Waals surface area contributed by atoms with E-state index in [4.69, 9.17) is 0 Å². The fourth-order valence-electron chi connectivity index (χ4n) is 9.34. The Morgan fingerprint density at radius 2 is 0.962 bits per heavy atom. The average molecular weight is 739 g/mol. The summed E-state index contributed by atoms with van der Waals surface area (Å²) >= 11 is 3.88. The number of rotatable bonds is 4. The van der Waals surface area contributed by atoms with Crippen LogP contribution in [0.3, 0.4) is 0 Å². The number of hydrogen-bond donors (Lipinski definition) is 0. The molecule has 0 aromatic heterocycles. The molecular formula is C51H32BrN. The molecule has 2 heteroatoms. The van der Waals surface area contributed by atoms with Gasteiger partial charge < -0.3 is 4.90 Å². The number of fused-ring (bicyclic) bond motifs is 12. The van der Waals surface area contributed by atoms with Gasteiger partial charge in [0.05, 0.1) is 11.1 Å². The van der Waals surface area contributed by atoms with Gasteiger partial charge in [-0.25, -0.2) is 0 Å². The van der Waals surface area contributed by atoms with Gasteiger partial charge in [-0.1, -0.05) is 162 Å². The molecule has 0 saturated carbocycles. The predicted octanol–water partition coefficient (Wildman–Crippen LogP) is 14.2. The predicted molar refractivity (Wildman–Crippen MR) is 226 cm³/mol. The van der Waals surface area contributed by atoms with Crippen molar-refractivity contribution in [2.24, 2.45) is 0 Å². The molecule has 0 aliphatic heterocycles. The summed E-state index contributed by atoms with van der Waals surface area (Å²) in [6.45, 7) is 0. The van der Waals surface area contributed by atoms with Gasteiger partial charge in [0.15, 0.2) is 0 Å². The van der Waals surface area contributed by atoms with Crippen LogP contribution in [-0.2, 0) is 5.41 Å². The van der Waals surface area contributed by atoms with Crippen LogP contribution in [0.4, 0.5) is 17.1 Å². The third kappa shape index (κ3) is 4.37. The van der Waals surface area contributed by atoms with Gasteiger partial charge in [0.1, 0.15) is 0 Å². The normalized spacial score (nSPS) is 15.0. The number of halogens is 1. The van der Waals surface area contributed by atoms with Crippen molar-refractivity contribution in [2.75, 3.05) is 4.90 Å². The second kappa shape index (κ2) is 11.6. The van der Waals surface area contributed by atoms with Gasteiger partial charge in [-0.15, -0.1) is 0 Å². The summed E-state index contributed by atoms with van der Waals surface area (Å²) in [5, 5.41) is 4.93. The van der Waals surface area contributed by atoms with Gasteiger partial charge >= 0.3 is 0 Å². The Labute approximate surface area is 317 Å². The molecule has 0 fully saturated rings. The molecule has 0 radical (unpaired) electrons. The lowest BCUT2D eigenvalue weighted by Gasteiger charge is -2.33. The van der Waals surface area contributed by atoms with E-state index in [1.807, 2.05) is 0 Å². The number of para-hydroxylation sites is 1. The Hall–Kier alpha value is -6.22. The van der Waals surface area contributed by atoms with Gasteiger partial charge in [-0.3, -0.25) is 0 Å². The van der Waals surface area contributed by atoms with E-state index in [9.17, 15) is 0 Å². The van der Waals surface area contributed by atoms with Crippen molar-refractivity contribution in [3.8, 4) is 33.4 Å². The fourth-order valence-corrected chi connectivity index (χ4v) is 9.70. The van der Waals surface area contributed by atoms with Crippen LogP contribution in [-0.4, -0.2) is 0 Å². The van der Waals surface area contributed by atoms with Gasteiger partial charge in [0, 0.05) is 21.4 Å². The number of nitrogens with zero attached hydrogens (tertiary/aromatic N) is 1. The molecule has 9 aromatic rings. The van der Waals surface area contributed by atoms with Crippen molar-refractivity contribution in [3.05, 3.63) is 221 Å². The molecule has 1 nitrogen and oxygen atoms in total. The Morgan fingerprint density at radius 3 is 1.74 bits per heavy atom.